The lowest BCUT2D eigenvalue weighted by atomic mass is 10.1. The van der Waals surface area contributed by atoms with Crippen molar-refractivity contribution in [2.24, 2.45) is 0 Å². The zero-order chi connectivity index (χ0) is 21.1. The molecule has 2 aromatic heterocycles. The van der Waals surface area contributed by atoms with Gasteiger partial charge in [-0.1, -0.05) is 0 Å². The van der Waals surface area contributed by atoms with Gasteiger partial charge in [-0.15, -0.1) is 0 Å². The summed E-state index contributed by atoms with van der Waals surface area (Å²) in [7, 11) is -3.28. The van der Waals surface area contributed by atoms with E-state index in [0.717, 1.165) is 38.1 Å². The molecule has 8 nitrogen and oxygen atoms in total. The van der Waals surface area contributed by atoms with Crippen molar-refractivity contribution in [3.8, 4) is 11.4 Å². The van der Waals surface area contributed by atoms with Gasteiger partial charge in [-0.2, -0.15) is 0 Å². The number of hydrogen-bond acceptors (Lipinski definition) is 7. The molecule has 1 aliphatic heterocycles. The van der Waals surface area contributed by atoms with E-state index < -0.39 is 9.84 Å². The van der Waals surface area contributed by atoms with Crippen LogP contribution in [0.25, 0.3) is 5.69 Å². The molecule has 0 aliphatic carbocycles. The molecule has 30 heavy (non-hydrogen) atoms. The Morgan fingerprint density at radius 1 is 1.03 bits per heavy atom. The van der Waals surface area contributed by atoms with Crippen molar-refractivity contribution in [3.63, 3.8) is 0 Å². The minimum absolute atomic E-state index is 0.0225. The van der Waals surface area contributed by atoms with E-state index in [1.54, 1.807) is 42.9 Å². The third-order valence-electron chi connectivity index (χ3n) is 5.01. The van der Waals surface area contributed by atoms with Gasteiger partial charge in [-0.25, -0.2) is 18.4 Å². The highest BCUT2D eigenvalue weighted by molar-refractivity contribution is 7.90. The molecule has 0 unspecified atom stereocenters. The van der Waals surface area contributed by atoms with Crippen LogP contribution < -0.4 is 15.2 Å². The highest BCUT2D eigenvalue weighted by atomic mass is 32.2. The van der Waals surface area contributed by atoms with Gasteiger partial charge in [-0.3, -0.25) is 9.36 Å². The van der Waals surface area contributed by atoms with Crippen LogP contribution in [-0.2, 0) is 9.84 Å². The van der Waals surface area contributed by atoms with Crippen LogP contribution in [0.5, 0.6) is 5.75 Å². The molecule has 0 bridgehead atoms. The molecule has 1 saturated heterocycles. The normalized spacial score (nSPS) is 15.2. The maximum absolute atomic E-state index is 12.5. The van der Waals surface area contributed by atoms with Gasteiger partial charge in [0, 0.05) is 62.5 Å². The first-order chi connectivity index (χ1) is 14.4. The Morgan fingerprint density at radius 3 is 2.30 bits per heavy atom. The van der Waals surface area contributed by atoms with Gasteiger partial charge in [0.05, 0.1) is 4.90 Å². The van der Waals surface area contributed by atoms with E-state index in [9.17, 15) is 13.2 Å². The van der Waals surface area contributed by atoms with Gasteiger partial charge in [0.2, 0.25) is 5.95 Å². The van der Waals surface area contributed by atoms with Crippen molar-refractivity contribution in [1.29, 1.82) is 0 Å². The van der Waals surface area contributed by atoms with Crippen molar-refractivity contribution in [1.82, 2.24) is 14.5 Å². The number of sulfone groups is 1. The van der Waals surface area contributed by atoms with E-state index >= 15 is 0 Å². The number of ether oxygens (including phenoxy) is 1. The van der Waals surface area contributed by atoms with Crippen molar-refractivity contribution in [2.75, 3.05) is 24.2 Å². The van der Waals surface area contributed by atoms with Gasteiger partial charge < -0.3 is 9.64 Å². The molecule has 4 rings (SSSR count). The predicted molar refractivity (Wildman–Crippen MR) is 113 cm³/mol. The van der Waals surface area contributed by atoms with E-state index in [0.29, 0.717) is 11.4 Å². The molecule has 0 saturated carbocycles. The summed E-state index contributed by atoms with van der Waals surface area (Å²) < 4.78 is 30.6. The summed E-state index contributed by atoms with van der Waals surface area (Å²) in [5, 5.41) is 0. The average molecular weight is 426 g/mol. The molecule has 0 spiro atoms. The largest absolute Gasteiger partial charge is 0.490 e. The first-order valence-electron chi connectivity index (χ1n) is 9.62. The summed E-state index contributed by atoms with van der Waals surface area (Å²) in [6, 6.07) is 11.2. The lowest BCUT2D eigenvalue weighted by Crippen LogP contribution is -2.39. The van der Waals surface area contributed by atoms with Gasteiger partial charge in [0.15, 0.2) is 9.84 Å². The van der Waals surface area contributed by atoms with Crippen molar-refractivity contribution < 1.29 is 13.2 Å². The highest BCUT2D eigenvalue weighted by Gasteiger charge is 2.22. The third-order valence-corrected chi connectivity index (χ3v) is 6.14. The molecule has 1 aromatic carbocycles. The molecule has 0 N–H and O–H groups in total. The van der Waals surface area contributed by atoms with E-state index in [4.69, 9.17) is 4.74 Å². The minimum Gasteiger partial charge on any atom is -0.490 e. The third kappa shape index (κ3) is 4.51. The number of hydrogen-bond donors (Lipinski definition) is 0. The molecule has 0 radical (unpaired) electrons. The second kappa shape index (κ2) is 8.27. The Kier molecular flexibility index (Phi) is 5.54. The van der Waals surface area contributed by atoms with Gasteiger partial charge in [0.1, 0.15) is 11.9 Å². The zero-order valence-electron chi connectivity index (χ0n) is 16.5. The lowest BCUT2D eigenvalue weighted by Gasteiger charge is -2.32. The minimum atomic E-state index is -3.28. The van der Waals surface area contributed by atoms with Crippen LogP contribution in [-0.4, -0.2) is 48.4 Å². The fourth-order valence-corrected chi connectivity index (χ4v) is 4.05. The molecule has 0 amide bonds. The maximum Gasteiger partial charge on any atom is 0.258 e. The molecule has 156 valence electrons. The van der Waals surface area contributed by atoms with E-state index in [1.165, 1.54) is 22.8 Å². The Hall–Kier alpha value is -3.20. The molecule has 9 heteroatoms. The number of piperidine rings is 1. The second-order valence-electron chi connectivity index (χ2n) is 7.19. The summed E-state index contributed by atoms with van der Waals surface area (Å²) in [5.41, 5.74) is 0.352. The molecule has 1 aliphatic rings. The number of nitrogens with zero attached hydrogens (tertiary/aromatic N) is 4. The van der Waals surface area contributed by atoms with Crippen LogP contribution in [0, 0.1) is 0 Å². The standard InChI is InChI=1S/C21H22N4O4S/c1-30(27,28)19-5-3-16(4-6-19)25-14-9-18(15-20(25)26)29-17-7-12-24(13-8-17)21-22-10-2-11-23-21/h2-6,9-11,14-15,17H,7-8,12-13H2,1H3. The van der Waals surface area contributed by atoms with Crippen LogP contribution in [0.3, 0.4) is 0 Å². The topological polar surface area (TPSA) is 94.4 Å². The monoisotopic (exact) mass is 426 g/mol. The number of benzene rings is 1. The van der Waals surface area contributed by atoms with Gasteiger partial charge in [0.25, 0.3) is 5.56 Å². The first-order valence-corrected chi connectivity index (χ1v) is 11.5. The number of aromatic nitrogens is 3. The summed E-state index contributed by atoms with van der Waals surface area (Å²) in [4.78, 5) is 23.4. The smallest absolute Gasteiger partial charge is 0.258 e. The number of anilines is 1. The van der Waals surface area contributed by atoms with Crippen LogP contribution in [0.15, 0.2) is 70.7 Å². The Bertz CT molecular complexity index is 1170. The summed E-state index contributed by atoms with van der Waals surface area (Å²) in [6.07, 6.45) is 7.90. The summed E-state index contributed by atoms with van der Waals surface area (Å²) in [6.45, 7) is 1.58. The molecular weight excluding hydrogens is 404 g/mol. The fourth-order valence-electron chi connectivity index (χ4n) is 3.42. The summed E-state index contributed by atoms with van der Waals surface area (Å²) >= 11 is 0. The quantitative estimate of drug-likeness (QED) is 0.616. The highest BCUT2D eigenvalue weighted by Crippen LogP contribution is 2.20. The van der Waals surface area contributed by atoms with Crippen LogP contribution in [0.4, 0.5) is 5.95 Å². The molecular formula is C21H22N4O4S. The molecule has 1 fully saturated rings. The van der Waals surface area contributed by atoms with Crippen molar-refractivity contribution >= 4 is 15.8 Å². The Labute approximate surface area is 174 Å². The van der Waals surface area contributed by atoms with Crippen LogP contribution in [0.1, 0.15) is 12.8 Å². The SMILES string of the molecule is CS(=O)(=O)c1ccc(-n2ccc(OC3CCN(c4ncccn4)CC3)cc2=O)cc1. The predicted octanol–water partition coefficient (Wildman–Crippen LogP) is 2.08. The van der Waals surface area contributed by atoms with Crippen LogP contribution >= 0.6 is 0 Å². The van der Waals surface area contributed by atoms with E-state index in [2.05, 4.69) is 14.9 Å². The molecule has 3 heterocycles. The average Bonchev–Trinajstić information content (AvgIpc) is 2.75. The Morgan fingerprint density at radius 2 is 1.70 bits per heavy atom. The fraction of sp³-hybridized carbons (Fsp3) is 0.286. The van der Waals surface area contributed by atoms with Gasteiger partial charge >= 0.3 is 0 Å². The van der Waals surface area contributed by atoms with Crippen molar-refractivity contribution in [2.45, 2.75) is 23.8 Å². The number of pyridine rings is 1. The van der Waals surface area contributed by atoms with Crippen LogP contribution in [0.2, 0.25) is 0 Å². The second-order valence-corrected chi connectivity index (χ2v) is 9.21. The Balaban J connectivity index is 1.41. The molecule has 0 atom stereocenters. The summed E-state index contributed by atoms with van der Waals surface area (Å²) in [5.74, 6) is 1.25. The lowest BCUT2D eigenvalue weighted by molar-refractivity contribution is 0.170. The van der Waals surface area contributed by atoms with E-state index in [1.807, 2.05) is 0 Å². The first kappa shape index (κ1) is 20.1. The van der Waals surface area contributed by atoms with E-state index in [-0.39, 0.29) is 16.6 Å². The maximum atomic E-state index is 12.5. The van der Waals surface area contributed by atoms with Crippen molar-refractivity contribution in [3.05, 3.63) is 71.4 Å². The number of rotatable bonds is 5. The molecule has 3 aromatic rings. The van der Waals surface area contributed by atoms with Gasteiger partial charge in [-0.05, 0) is 36.4 Å². The zero-order valence-corrected chi connectivity index (χ0v) is 17.3.